The Hall–Kier alpha value is -3.63. The topological polar surface area (TPSA) is 39.8 Å². The Balaban J connectivity index is 1.72. The molecule has 0 unspecified atom stereocenters. The van der Waals surface area contributed by atoms with E-state index in [1.807, 2.05) is 54.6 Å². The Bertz CT molecular complexity index is 1490. The van der Waals surface area contributed by atoms with Crippen LogP contribution in [0.5, 0.6) is 0 Å². The summed E-state index contributed by atoms with van der Waals surface area (Å²) < 4.78 is 3.88. The lowest BCUT2D eigenvalue weighted by molar-refractivity contribution is 0.790. The second-order valence-electron chi connectivity index (χ2n) is 7.31. The van der Waals surface area contributed by atoms with Crippen molar-refractivity contribution in [3.05, 3.63) is 106 Å². The van der Waals surface area contributed by atoms with Crippen LogP contribution in [0, 0.1) is 0 Å². The fourth-order valence-electron chi connectivity index (χ4n) is 3.98. The molecule has 0 aliphatic carbocycles. The van der Waals surface area contributed by atoms with E-state index in [1.54, 1.807) is 22.8 Å². The van der Waals surface area contributed by atoms with Gasteiger partial charge >= 0.3 is 0 Å². The van der Waals surface area contributed by atoms with Gasteiger partial charge in [-0.3, -0.25) is 9.36 Å². The van der Waals surface area contributed by atoms with Crippen molar-refractivity contribution < 1.29 is 0 Å². The molecule has 0 N–H and O–H groups in total. The summed E-state index contributed by atoms with van der Waals surface area (Å²) in [7, 11) is 0. The molecule has 0 saturated carbocycles. The molecule has 0 aliphatic heterocycles. The molecule has 5 rings (SSSR count). The molecule has 0 saturated heterocycles. The molecule has 0 fully saturated rings. The second kappa shape index (κ2) is 7.89. The first-order valence-electron chi connectivity index (χ1n) is 10.2. The third-order valence-electron chi connectivity index (χ3n) is 5.45. The molecule has 0 bridgehead atoms. The number of halogens is 1. The van der Waals surface area contributed by atoms with Crippen LogP contribution in [0.3, 0.4) is 0 Å². The van der Waals surface area contributed by atoms with Gasteiger partial charge < -0.3 is 4.57 Å². The summed E-state index contributed by atoms with van der Waals surface area (Å²) in [6.45, 7) is 2.98. The van der Waals surface area contributed by atoms with Crippen molar-refractivity contribution in [3.63, 3.8) is 0 Å². The predicted octanol–water partition coefficient (Wildman–Crippen LogP) is 6.18. The van der Waals surface area contributed by atoms with Crippen LogP contribution < -0.4 is 5.56 Å². The van der Waals surface area contributed by atoms with Crippen LogP contribution in [-0.2, 0) is 6.54 Å². The largest absolute Gasteiger partial charge is 0.341 e. The molecule has 3 aromatic carbocycles. The number of aromatic nitrogens is 3. The van der Waals surface area contributed by atoms with Crippen molar-refractivity contribution in [2.45, 2.75) is 13.5 Å². The molecule has 0 spiro atoms. The van der Waals surface area contributed by atoms with Crippen LogP contribution >= 0.6 is 11.6 Å². The number of rotatable bonds is 4. The summed E-state index contributed by atoms with van der Waals surface area (Å²) in [5.74, 6) is 0.568. The van der Waals surface area contributed by atoms with Gasteiger partial charge in [0.25, 0.3) is 5.56 Å². The van der Waals surface area contributed by atoms with E-state index in [1.165, 1.54) is 10.9 Å². The molecular weight excluding hydrogens is 406 g/mol. The molecule has 5 heteroatoms. The Kier molecular flexibility index (Phi) is 4.92. The number of fused-ring (bicyclic) bond motifs is 2. The van der Waals surface area contributed by atoms with Gasteiger partial charge in [-0.2, -0.15) is 0 Å². The van der Waals surface area contributed by atoms with Gasteiger partial charge in [0.1, 0.15) is 5.82 Å². The molecule has 2 aromatic heterocycles. The number of aryl methyl sites for hydroxylation is 1. The third-order valence-corrected chi connectivity index (χ3v) is 5.70. The first-order chi connectivity index (χ1) is 15.2. The molecule has 0 atom stereocenters. The minimum Gasteiger partial charge on any atom is -0.341 e. The number of hydrogen-bond donors (Lipinski definition) is 0. The Morgan fingerprint density at radius 1 is 0.935 bits per heavy atom. The fraction of sp³-hybridized carbons (Fsp3) is 0.0769. The highest BCUT2D eigenvalue weighted by atomic mass is 35.5. The standard InChI is InChI=1S/C26H20ClN3O/c1-2-29-21(17-18-7-3-6-10-24(18)29)15-16-25-28-23-9-5-4-8-22(23)26(31)30(25)20-13-11-19(27)12-14-20/h3-17H,2H2,1H3. The van der Waals surface area contributed by atoms with Gasteiger partial charge in [0.05, 0.1) is 16.6 Å². The lowest BCUT2D eigenvalue weighted by Crippen LogP contribution is -2.22. The van der Waals surface area contributed by atoms with Crippen LogP contribution in [0.15, 0.2) is 83.7 Å². The van der Waals surface area contributed by atoms with Gasteiger partial charge in [0, 0.05) is 28.2 Å². The number of nitrogens with zero attached hydrogens (tertiary/aromatic N) is 3. The molecule has 0 radical (unpaired) electrons. The summed E-state index contributed by atoms with van der Waals surface area (Å²) in [5, 5.41) is 2.39. The van der Waals surface area contributed by atoms with Crippen LogP contribution in [0.2, 0.25) is 5.02 Å². The lowest BCUT2D eigenvalue weighted by Gasteiger charge is -2.12. The van der Waals surface area contributed by atoms with Gasteiger partial charge in [-0.05, 0) is 67.6 Å². The van der Waals surface area contributed by atoms with E-state index in [-0.39, 0.29) is 5.56 Å². The van der Waals surface area contributed by atoms with Crippen molar-refractivity contribution in [1.29, 1.82) is 0 Å². The van der Waals surface area contributed by atoms with E-state index < -0.39 is 0 Å². The van der Waals surface area contributed by atoms with Gasteiger partial charge in [-0.1, -0.05) is 41.9 Å². The Morgan fingerprint density at radius 2 is 1.68 bits per heavy atom. The van der Waals surface area contributed by atoms with Gasteiger partial charge in [-0.15, -0.1) is 0 Å². The molecular formula is C26H20ClN3O. The average Bonchev–Trinajstić information content (AvgIpc) is 3.16. The minimum atomic E-state index is -0.108. The van der Waals surface area contributed by atoms with Crippen LogP contribution in [0.4, 0.5) is 0 Å². The molecule has 4 nitrogen and oxygen atoms in total. The smallest absolute Gasteiger partial charge is 0.266 e. The summed E-state index contributed by atoms with van der Waals surface area (Å²) >= 11 is 6.07. The number of para-hydroxylation sites is 2. The first kappa shape index (κ1) is 19.3. The number of benzene rings is 3. The molecule has 152 valence electrons. The summed E-state index contributed by atoms with van der Waals surface area (Å²) in [5.41, 5.74) is 3.54. The zero-order valence-electron chi connectivity index (χ0n) is 17.0. The van der Waals surface area contributed by atoms with Gasteiger partial charge in [-0.25, -0.2) is 4.98 Å². The van der Waals surface area contributed by atoms with Gasteiger partial charge in [0.15, 0.2) is 0 Å². The van der Waals surface area contributed by atoms with Crippen molar-refractivity contribution in [2.24, 2.45) is 0 Å². The Labute approximate surface area is 184 Å². The average molecular weight is 426 g/mol. The van der Waals surface area contributed by atoms with Crippen molar-refractivity contribution in [2.75, 3.05) is 0 Å². The van der Waals surface area contributed by atoms with Gasteiger partial charge in [0.2, 0.25) is 0 Å². The third kappa shape index (κ3) is 3.45. The molecule has 2 heterocycles. The Morgan fingerprint density at radius 3 is 2.48 bits per heavy atom. The zero-order valence-corrected chi connectivity index (χ0v) is 17.8. The second-order valence-corrected chi connectivity index (χ2v) is 7.75. The monoisotopic (exact) mass is 425 g/mol. The highest BCUT2D eigenvalue weighted by Gasteiger charge is 2.12. The predicted molar refractivity (Wildman–Crippen MR) is 129 cm³/mol. The van der Waals surface area contributed by atoms with E-state index in [9.17, 15) is 4.79 Å². The SMILES string of the molecule is CCn1c(C=Cc2nc3ccccc3c(=O)n2-c2ccc(Cl)cc2)cc2ccccc21. The quantitative estimate of drug-likeness (QED) is 0.344. The maximum absolute atomic E-state index is 13.4. The maximum atomic E-state index is 13.4. The van der Waals surface area contributed by atoms with E-state index in [0.29, 0.717) is 21.7 Å². The van der Waals surface area contributed by atoms with Crippen LogP contribution in [0.25, 0.3) is 39.6 Å². The maximum Gasteiger partial charge on any atom is 0.266 e. The highest BCUT2D eigenvalue weighted by molar-refractivity contribution is 6.30. The molecule has 5 aromatic rings. The summed E-state index contributed by atoms with van der Waals surface area (Å²) in [6.07, 6.45) is 3.93. The highest BCUT2D eigenvalue weighted by Crippen LogP contribution is 2.22. The number of hydrogen-bond acceptors (Lipinski definition) is 2. The van der Waals surface area contributed by atoms with Crippen molar-refractivity contribution in [3.8, 4) is 5.69 Å². The summed E-state index contributed by atoms with van der Waals surface area (Å²) in [6, 6.07) is 25.1. The lowest BCUT2D eigenvalue weighted by atomic mass is 10.2. The van der Waals surface area contributed by atoms with Crippen LogP contribution in [-0.4, -0.2) is 14.1 Å². The van der Waals surface area contributed by atoms with E-state index in [2.05, 4.69) is 29.7 Å². The normalized spacial score (nSPS) is 11.7. The van der Waals surface area contributed by atoms with E-state index in [4.69, 9.17) is 16.6 Å². The summed E-state index contributed by atoms with van der Waals surface area (Å²) in [4.78, 5) is 18.2. The first-order valence-corrected chi connectivity index (χ1v) is 10.6. The fourth-order valence-corrected chi connectivity index (χ4v) is 4.11. The minimum absolute atomic E-state index is 0.108. The molecule has 31 heavy (non-hydrogen) atoms. The molecule has 0 amide bonds. The molecule has 0 aliphatic rings. The van der Waals surface area contributed by atoms with Crippen molar-refractivity contribution >= 4 is 45.6 Å². The van der Waals surface area contributed by atoms with E-state index >= 15 is 0 Å². The van der Waals surface area contributed by atoms with Crippen molar-refractivity contribution in [1.82, 2.24) is 14.1 Å². The van der Waals surface area contributed by atoms with Crippen LogP contribution in [0.1, 0.15) is 18.4 Å². The van der Waals surface area contributed by atoms with E-state index in [0.717, 1.165) is 17.9 Å². The zero-order chi connectivity index (χ0) is 21.4.